The second kappa shape index (κ2) is 23.0. The van der Waals surface area contributed by atoms with Crippen LogP contribution in [-0.4, -0.2) is 23.4 Å². The first-order chi connectivity index (χ1) is 37.7. The molecule has 0 aromatic heterocycles. The zero-order valence-electron chi connectivity index (χ0n) is 43.7. The first-order valence-electron chi connectivity index (χ1n) is 26.1. The molecule has 382 valence electrons. The fourth-order valence-corrected chi connectivity index (χ4v) is 23.0. The molecule has 0 unspecified atom stereocenters. The molecule has 0 radical (unpaired) electrons. The fourth-order valence-electron chi connectivity index (χ4n) is 11.2. The number of aryl methyl sites for hydroxylation is 2. The van der Waals surface area contributed by atoms with Crippen LogP contribution in [0, 0.1) is 19.3 Å². The highest BCUT2D eigenvalue weighted by molar-refractivity contribution is 7.83. The van der Waals surface area contributed by atoms with Gasteiger partial charge in [-0.15, -0.1) is 29.9 Å². The monoisotopic (exact) mass is 1060 g/mol. The molecule has 0 amide bonds. The normalized spacial score (nSPS) is 18.9. The zero-order valence-corrected chi connectivity index (χ0v) is 46.3. The lowest BCUT2D eigenvalue weighted by molar-refractivity contribution is 0.248. The predicted octanol–water partition coefficient (Wildman–Crippen LogP) is 16.1. The van der Waals surface area contributed by atoms with E-state index in [1.807, 2.05) is 6.07 Å². The summed E-state index contributed by atoms with van der Waals surface area (Å²) < 4.78 is 0. The third-order valence-corrected chi connectivity index (χ3v) is 26.3. The molecular formula is C64H61N10P3. The van der Waals surface area contributed by atoms with Crippen molar-refractivity contribution in [1.82, 2.24) is 4.90 Å². The van der Waals surface area contributed by atoms with Crippen LogP contribution in [0.15, 0.2) is 288 Å². The summed E-state index contributed by atoms with van der Waals surface area (Å²) in [6, 6.07) is 85.9. The smallest absolute Gasteiger partial charge is 0.0920 e. The second-order valence-corrected chi connectivity index (χ2v) is 29.7. The first-order valence-corrected chi connectivity index (χ1v) is 31.9. The minimum Gasteiger partial charge on any atom is -0.290 e. The Morgan fingerprint density at radius 3 is 0.922 bits per heavy atom. The third kappa shape index (κ3) is 11.2. The van der Waals surface area contributed by atoms with Crippen LogP contribution in [0.25, 0.3) is 0 Å². The molecular weight excluding hydrogens is 1000 g/mol. The van der Waals surface area contributed by atoms with E-state index in [0.717, 1.165) is 76.7 Å². The summed E-state index contributed by atoms with van der Waals surface area (Å²) in [7, 11) is -8.95. The van der Waals surface area contributed by atoms with E-state index in [4.69, 9.17) is 45.6 Å². The Bertz CT molecular complexity index is 3480. The lowest BCUT2D eigenvalue weighted by atomic mass is 9.99. The van der Waals surface area contributed by atoms with E-state index in [9.17, 15) is 0 Å². The Balaban J connectivity index is 1.33. The Kier molecular flexibility index (Phi) is 15.4. The average Bonchev–Trinajstić information content (AvgIpc) is 3.51. The Morgan fingerprint density at radius 2 is 0.597 bits per heavy atom. The van der Waals surface area contributed by atoms with Gasteiger partial charge < -0.3 is 0 Å². The summed E-state index contributed by atoms with van der Waals surface area (Å²) >= 11 is 0. The van der Waals surface area contributed by atoms with Gasteiger partial charge in [0.1, 0.15) is 0 Å². The highest BCUT2D eigenvalue weighted by atomic mass is 31.2. The second-order valence-electron chi connectivity index (χ2n) is 20.5. The van der Waals surface area contributed by atoms with Crippen LogP contribution in [0.2, 0.25) is 0 Å². The van der Waals surface area contributed by atoms with Gasteiger partial charge in [-0.2, -0.15) is 0 Å². The number of hydrogen-bond acceptors (Lipinski definition) is 10. The molecule has 9 aromatic carbocycles. The maximum absolute atomic E-state index is 5.76. The van der Waals surface area contributed by atoms with Crippen LogP contribution < -0.4 is 31.8 Å². The van der Waals surface area contributed by atoms with Gasteiger partial charge in [-0.25, -0.2) is 0 Å². The summed E-state index contributed by atoms with van der Waals surface area (Å²) in [6.45, 7) is 8.29. The SMILES string of the molecule is Cc1ccc2c(c1)CN1Cc3ccccc3N=NN=P(c3ccccc3)(c3ccccc3)CC(C)(CP(c3ccccc3)(c3ccccc3)=NN=N2)CP(c2ccccc2)(c2ccccc2)=NN=Nc2ccc(C)cc2C1. The van der Waals surface area contributed by atoms with Crippen molar-refractivity contribution in [2.45, 2.75) is 40.4 Å². The highest BCUT2D eigenvalue weighted by Gasteiger charge is 2.46. The minimum atomic E-state index is -2.98. The molecule has 0 spiro atoms. The predicted molar refractivity (Wildman–Crippen MR) is 323 cm³/mol. The maximum atomic E-state index is 5.76. The largest absolute Gasteiger partial charge is 0.290 e. The summed E-state index contributed by atoms with van der Waals surface area (Å²) in [5, 5.41) is 37.5. The average molecular weight is 1060 g/mol. The molecule has 0 fully saturated rings. The van der Waals surface area contributed by atoms with Crippen molar-refractivity contribution in [3.8, 4) is 0 Å². The zero-order chi connectivity index (χ0) is 52.6. The molecule has 12 rings (SSSR count). The van der Waals surface area contributed by atoms with Crippen molar-refractivity contribution < 1.29 is 0 Å². The lowest BCUT2D eigenvalue weighted by Crippen LogP contribution is -2.40. The van der Waals surface area contributed by atoms with Crippen molar-refractivity contribution in [3.05, 3.63) is 270 Å². The van der Waals surface area contributed by atoms with E-state index in [1.54, 1.807) is 0 Å². The number of hydrogen-bond donors (Lipinski definition) is 0. The van der Waals surface area contributed by atoms with Crippen molar-refractivity contribution in [2.24, 2.45) is 51.0 Å². The van der Waals surface area contributed by atoms with E-state index in [0.29, 0.717) is 38.1 Å². The summed E-state index contributed by atoms with van der Waals surface area (Å²) in [5.74, 6) is 0. The molecule has 3 heterocycles. The summed E-state index contributed by atoms with van der Waals surface area (Å²) in [5.41, 5.74) is 6.90. The molecule has 0 aliphatic carbocycles. The Morgan fingerprint density at radius 1 is 0.325 bits per heavy atom. The van der Waals surface area contributed by atoms with Gasteiger partial charge in [0.2, 0.25) is 0 Å². The molecule has 0 atom stereocenters. The van der Waals surface area contributed by atoms with Crippen molar-refractivity contribution in [2.75, 3.05) is 18.5 Å². The molecule has 77 heavy (non-hydrogen) atoms. The topological polar surface area (TPSA) is 114 Å². The van der Waals surface area contributed by atoms with Gasteiger partial charge in [-0.1, -0.05) is 243 Å². The van der Waals surface area contributed by atoms with Crippen molar-refractivity contribution in [3.63, 3.8) is 0 Å². The van der Waals surface area contributed by atoms with Gasteiger partial charge in [0, 0.05) is 19.6 Å². The van der Waals surface area contributed by atoms with E-state index in [-0.39, 0.29) is 0 Å². The third-order valence-electron chi connectivity index (χ3n) is 14.6. The molecule has 10 nitrogen and oxygen atoms in total. The molecule has 3 aliphatic heterocycles. The first kappa shape index (κ1) is 51.5. The van der Waals surface area contributed by atoms with Gasteiger partial charge in [0.15, 0.2) is 0 Å². The van der Waals surface area contributed by atoms with Crippen LogP contribution in [0.3, 0.4) is 0 Å². The van der Waals surface area contributed by atoms with E-state index in [2.05, 4.69) is 262 Å². The fraction of sp³-hybridized carbons (Fsp3) is 0.156. The molecule has 0 N–H and O–H groups in total. The Labute approximate surface area is 453 Å². The molecule has 0 saturated carbocycles. The van der Waals surface area contributed by atoms with E-state index < -0.39 is 26.6 Å². The van der Waals surface area contributed by atoms with Crippen LogP contribution in [-0.2, 0) is 19.6 Å². The van der Waals surface area contributed by atoms with Gasteiger partial charge in [0.05, 0.1) is 38.2 Å². The molecule has 9 aromatic rings. The standard InChI is InChI=1S/C64H61N10P3/c1-50-38-40-62-53(42-50)45-74-44-52-24-22-23-37-61(52)65-68-71-75(55-25-10-4-11-26-55,56-27-12-5-13-28-56)47-64(3,48-76(72-69-66-62,57-29-14-6-15-30-57)58-31-16-7-17-32-58)49-77(59-33-18-8-19-34-59,60-35-20-9-21-36-60)73-70-67-63-41-39-51(2)43-54(63)46-74/h4-43H,44-49H2,1-3H3. The maximum Gasteiger partial charge on any atom is 0.0920 e. The summed E-state index contributed by atoms with van der Waals surface area (Å²) in [6.07, 6.45) is 1.69. The van der Waals surface area contributed by atoms with Gasteiger partial charge in [-0.05, 0) is 120 Å². The van der Waals surface area contributed by atoms with Gasteiger partial charge in [-0.3, -0.25) is 4.90 Å². The van der Waals surface area contributed by atoms with Crippen LogP contribution in [0.1, 0.15) is 34.7 Å². The van der Waals surface area contributed by atoms with Crippen molar-refractivity contribution in [1.29, 1.82) is 0 Å². The van der Waals surface area contributed by atoms with Crippen LogP contribution in [0.4, 0.5) is 17.1 Å². The number of nitrogens with zero attached hydrogens (tertiary/aromatic N) is 10. The van der Waals surface area contributed by atoms with Gasteiger partial charge in [0.25, 0.3) is 0 Å². The molecule has 3 aliphatic rings. The quantitative estimate of drug-likeness (QED) is 0.152. The van der Waals surface area contributed by atoms with Gasteiger partial charge >= 0.3 is 0 Å². The molecule has 2 bridgehead atoms. The summed E-state index contributed by atoms with van der Waals surface area (Å²) in [4.78, 5) is 19.7. The van der Waals surface area contributed by atoms with E-state index >= 15 is 0 Å². The number of rotatable bonds is 6. The Hall–Kier alpha value is -7.57. The lowest BCUT2D eigenvalue weighted by Gasteiger charge is -2.43. The molecule has 0 saturated heterocycles. The minimum absolute atomic E-state index is 0.530. The highest BCUT2D eigenvalue weighted by Crippen LogP contribution is 2.63. The number of fused-ring (bicyclic) bond motifs is 6. The van der Waals surface area contributed by atoms with Crippen LogP contribution in [0.5, 0.6) is 0 Å². The molecule has 13 heteroatoms. The van der Waals surface area contributed by atoms with E-state index in [1.165, 1.54) is 0 Å². The number of benzene rings is 9. The van der Waals surface area contributed by atoms with Crippen molar-refractivity contribution >= 4 is 70.1 Å². The van der Waals surface area contributed by atoms with Crippen LogP contribution >= 0.6 is 21.2 Å².